The largest absolute Gasteiger partial charge is 0.482 e. The Balaban J connectivity index is 1.67. The molecule has 5 nitrogen and oxygen atoms in total. The Morgan fingerprint density at radius 1 is 1.30 bits per heavy atom. The van der Waals surface area contributed by atoms with Gasteiger partial charge in [0.25, 0.3) is 5.91 Å². The summed E-state index contributed by atoms with van der Waals surface area (Å²) < 4.78 is 5.35. The molecule has 0 heterocycles. The number of halogens is 1. The van der Waals surface area contributed by atoms with E-state index >= 15 is 0 Å². The molecular formula is C16H22ClN3O2S. The number of carbonyl (C=O) groups excluding carboxylic acids is 1. The average Bonchev–Trinajstić information content (AvgIpc) is 2.54. The van der Waals surface area contributed by atoms with Gasteiger partial charge in [-0.2, -0.15) is 0 Å². The quantitative estimate of drug-likeness (QED) is 0.572. The highest BCUT2D eigenvalue weighted by Crippen LogP contribution is 2.24. The van der Waals surface area contributed by atoms with Crippen molar-refractivity contribution in [2.45, 2.75) is 38.6 Å². The van der Waals surface area contributed by atoms with E-state index in [1.807, 2.05) is 0 Å². The Labute approximate surface area is 147 Å². The summed E-state index contributed by atoms with van der Waals surface area (Å²) in [4.78, 5) is 11.8. The number of amides is 1. The molecule has 1 aromatic rings. The molecule has 23 heavy (non-hydrogen) atoms. The maximum atomic E-state index is 11.8. The van der Waals surface area contributed by atoms with Crippen LogP contribution in [0.1, 0.15) is 32.6 Å². The molecule has 1 fully saturated rings. The third-order valence-corrected chi connectivity index (χ3v) is 4.47. The van der Waals surface area contributed by atoms with E-state index in [9.17, 15) is 4.79 Å². The van der Waals surface area contributed by atoms with Gasteiger partial charge < -0.3 is 10.1 Å². The van der Waals surface area contributed by atoms with Gasteiger partial charge in [-0.25, -0.2) is 0 Å². The zero-order valence-electron chi connectivity index (χ0n) is 13.1. The molecule has 1 aromatic carbocycles. The first-order valence-corrected chi connectivity index (χ1v) is 8.57. The minimum atomic E-state index is -0.328. The van der Waals surface area contributed by atoms with E-state index in [1.165, 1.54) is 19.3 Å². The number of hydrazine groups is 1. The van der Waals surface area contributed by atoms with Crippen LogP contribution in [0.25, 0.3) is 0 Å². The van der Waals surface area contributed by atoms with Crippen molar-refractivity contribution in [2.24, 2.45) is 5.92 Å². The molecule has 0 radical (unpaired) electrons. The molecule has 3 N–H and O–H groups in total. The molecule has 0 aromatic heterocycles. The van der Waals surface area contributed by atoms with Crippen LogP contribution in [-0.4, -0.2) is 23.7 Å². The van der Waals surface area contributed by atoms with Crippen LogP contribution in [0.3, 0.4) is 0 Å². The predicted molar refractivity (Wildman–Crippen MR) is 95.4 cm³/mol. The predicted octanol–water partition coefficient (Wildman–Crippen LogP) is 2.79. The van der Waals surface area contributed by atoms with Gasteiger partial charge in [0, 0.05) is 6.04 Å². The van der Waals surface area contributed by atoms with Crippen LogP contribution in [0.4, 0.5) is 0 Å². The molecule has 1 amide bonds. The molecule has 0 spiro atoms. The van der Waals surface area contributed by atoms with Crippen molar-refractivity contribution in [3.8, 4) is 5.75 Å². The Morgan fingerprint density at radius 2 is 2.04 bits per heavy atom. The van der Waals surface area contributed by atoms with Crippen LogP contribution in [0.2, 0.25) is 5.02 Å². The van der Waals surface area contributed by atoms with Crippen LogP contribution in [0, 0.1) is 5.92 Å². The normalized spacial score (nSPS) is 20.4. The molecule has 0 saturated heterocycles. The van der Waals surface area contributed by atoms with Crippen LogP contribution < -0.4 is 20.9 Å². The second-order valence-electron chi connectivity index (χ2n) is 5.73. The summed E-state index contributed by atoms with van der Waals surface area (Å²) in [5.74, 6) is 0.731. The number of nitrogens with one attached hydrogen (secondary N) is 3. The summed E-state index contributed by atoms with van der Waals surface area (Å²) in [6.07, 6.45) is 4.79. The molecule has 2 atom stereocenters. The van der Waals surface area contributed by atoms with Gasteiger partial charge in [0.15, 0.2) is 11.7 Å². The number of para-hydroxylation sites is 1. The molecule has 1 aliphatic carbocycles. The van der Waals surface area contributed by atoms with Gasteiger partial charge in [-0.15, -0.1) is 0 Å². The minimum Gasteiger partial charge on any atom is -0.482 e. The number of benzene rings is 1. The van der Waals surface area contributed by atoms with Gasteiger partial charge in [-0.05, 0) is 43.1 Å². The zero-order valence-corrected chi connectivity index (χ0v) is 14.7. The number of ether oxygens (including phenoxy) is 1. The van der Waals surface area contributed by atoms with Crippen molar-refractivity contribution < 1.29 is 9.53 Å². The van der Waals surface area contributed by atoms with Gasteiger partial charge in [0.2, 0.25) is 0 Å². The van der Waals surface area contributed by atoms with Crippen molar-refractivity contribution in [1.82, 2.24) is 16.2 Å². The Morgan fingerprint density at radius 3 is 2.78 bits per heavy atom. The van der Waals surface area contributed by atoms with Crippen molar-refractivity contribution in [3.63, 3.8) is 0 Å². The SMILES string of the molecule is C[C@@H]1CCCC[C@@H]1NC(=S)NNC(=O)COc1ccccc1Cl. The minimum absolute atomic E-state index is 0.140. The number of carbonyl (C=O) groups is 1. The number of thiocarbonyl (C=S) groups is 1. The first-order chi connectivity index (χ1) is 11.1. The summed E-state index contributed by atoms with van der Waals surface area (Å²) in [6.45, 7) is 2.08. The lowest BCUT2D eigenvalue weighted by Gasteiger charge is -2.30. The summed E-state index contributed by atoms with van der Waals surface area (Å²) in [5, 5.41) is 4.15. The third-order valence-electron chi connectivity index (χ3n) is 3.94. The first kappa shape index (κ1) is 17.8. The third kappa shape index (κ3) is 5.88. The summed E-state index contributed by atoms with van der Waals surface area (Å²) >= 11 is 11.2. The fourth-order valence-corrected chi connectivity index (χ4v) is 3.00. The molecule has 0 bridgehead atoms. The van der Waals surface area contributed by atoms with Crippen molar-refractivity contribution in [2.75, 3.05) is 6.61 Å². The van der Waals surface area contributed by atoms with Crippen LogP contribution in [-0.2, 0) is 4.79 Å². The Kier molecular flexibility index (Phi) is 6.92. The lowest BCUT2D eigenvalue weighted by molar-refractivity contribution is -0.123. The molecule has 2 rings (SSSR count). The fraction of sp³-hybridized carbons (Fsp3) is 0.500. The van der Waals surface area contributed by atoms with Crippen LogP contribution in [0.5, 0.6) is 5.75 Å². The van der Waals surface area contributed by atoms with E-state index in [-0.39, 0.29) is 12.5 Å². The Bertz CT molecular complexity index is 556. The highest BCUT2D eigenvalue weighted by atomic mass is 35.5. The van der Waals surface area contributed by atoms with E-state index in [1.54, 1.807) is 24.3 Å². The lowest BCUT2D eigenvalue weighted by Crippen LogP contribution is -2.52. The molecule has 126 valence electrons. The van der Waals surface area contributed by atoms with Gasteiger partial charge in [0.05, 0.1) is 5.02 Å². The van der Waals surface area contributed by atoms with Crippen LogP contribution in [0.15, 0.2) is 24.3 Å². The van der Waals surface area contributed by atoms with E-state index < -0.39 is 0 Å². The van der Waals surface area contributed by atoms with Crippen LogP contribution >= 0.6 is 23.8 Å². The van der Waals surface area contributed by atoms with Gasteiger partial charge >= 0.3 is 0 Å². The van der Waals surface area contributed by atoms with Crippen molar-refractivity contribution in [3.05, 3.63) is 29.3 Å². The van der Waals surface area contributed by atoms with Crippen molar-refractivity contribution in [1.29, 1.82) is 0 Å². The summed E-state index contributed by atoms with van der Waals surface area (Å²) in [6, 6.07) is 7.37. The molecule has 1 saturated carbocycles. The maximum absolute atomic E-state index is 11.8. The van der Waals surface area contributed by atoms with Gasteiger partial charge in [-0.3, -0.25) is 15.6 Å². The van der Waals surface area contributed by atoms with E-state index in [2.05, 4.69) is 23.1 Å². The maximum Gasteiger partial charge on any atom is 0.276 e. The molecule has 0 unspecified atom stereocenters. The lowest BCUT2D eigenvalue weighted by atomic mass is 9.86. The molecule has 0 aliphatic heterocycles. The van der Waals surface area contributed by atoms with Gasteiger partial charge in [0.1, 0.15) is 5.75 Å². The zero-order chi connectivity index (χ0) is 16.7. The average molecular weight is 356 g/mol. The van der Waals surface area contributed by atoms with E-state index in [0.717, 1.165) is 6.42 Å². The summed E-state index contributed by atoms with van der Waals surface area (Å²) in [5.41, 5.74) is 5.22. The highest BCUT2D eigenvalue weighted by Gasteiger charge is 2.21. The number of hydrogen-bond donors (Lipinski definition) is 3. The second-order valence-corrected chi connectivity index (χ2v) is 6.55. The molecule has 7 heteroatoms. The van der Waals surface area contributed by atoms with Crippen molar-refractivity contribution >= 4 is 34.8 Å². The fourth-order valence-electron chi connectivity index (χ4n) is 2.60. The molecule has 1 aliphatic rings. The highest BCUT2D eigenvalue weighted by molar-refractivity contribution is 7.80. The number of hydrogen-bond acceptors (Lipinski definition) is 3. The monoisotopic (exact) mass is 355 g/mol. The van der Waals surface area contributed by atoms with Gasteiger partial charge in [-0.1, -0.05) is 43.5 Å². The topological polar surface area (TPSA) is 62.4 Å². The second kappa shape index (κ2) is 8.93. The molecular weight excluding hydrogens is 334 g/mol. The smallest absolute Gasteiger partial charge is 0.276 e. The van der Waals surface area contributed by atoms with E-state index in [4.69, 9.17) is 28.6 Å². The van der Waals surface area contributed by atoms with E-state index in [0.29, 0.717) is 27.8 Å². The standard InChI is InChI=1S/C16H22ClN3O2S/c1-11-6-2-4-8-13(11)18-16(23)20-19-15(21)10-22-14-9-5-3-7-12(14)17/h3,5,7,9,11,13H,2,4,6,8,10H2,1H3,(H,19,21)(H2,18,20,23)/t11-,13+/m1/s1. The number of rotatable bonds is 4. The Hall–Kier alpha value is -1.53. The first-order valence-electron chi connectivity index (χ1n) is 7.79. The summed E-state index contributed by atoms with van der Waals surface area (Å²) in [7, 11) is 0.